The van der Waals surface area contributed by atoms with E-state index >= 15 is 0 Å². The molecule has 202 valence electrons. The van der Waals surface area contributed by atoms with Gasteiger partial charge in [-0.05, 0) is 68.8 Å². The van der Waals surface area contributed by atoms with Gasteiger partial charge in [-0.1, -0.05) is 19.1 Å². The van der Waals surface area contributed by atoms with Crippen LogP contribution in [0.15, 0.2) is 48.0 Å². The van der Waals surface area contributed by atoms with Crippen molar-refractivity contribution in [1.29, 1.82) is 0 Å². The van der Waals surface area contributed by atoms with Gasteiger partial charge in [0.2, 0.25) is 0 Å². The topological polar surface area (TPSA) is 61.5 Å². The summed E-state index contributed by atoms with van der Waals surface area (Å²) >= 11 is 1.77. The van der Waals surface area contributed by atoms with Gasteiger partial charge < -0.3 is 23.5 Å². The lowest BCUT2D eigenvalue weighted by Crippen LogP contribution is -2.44. The van der Waals surface area contributed by atoms with Gasteiger partial charge in [0.15, 0.2) is 5.82 Å². The first kappa shape index (κ1) is 26.4. The third-order valence-electron chi connectivity index (χ3n) is 7.04. The number of aromatic nitrogens is 3. The first-order valence-corrected chi connectivity index (χ1v) is 14.4. The molecule has 4 aromatic rings. The van der Waals surface area contributed by atoms with Gasteiger partial charge in [-0.2, -0.15) is 0 Å². The Kier molecular flexibility index (Phi) is 7.52. The van der Waals surface area contributed by atoms with Crippen LogP contribution in [0.2, 0.25) is 0 Å². The van der Waals surface area contributed by atoms with Crippen LogP contribution in [0, 0.1) is 0 Å². The molecule has 1 aliphatic rings. The van der Waals surface area contributed by atoms with Crippen molar-refractivity contribution in [1.82, 2.24) is 19.0 Å². The molecule has 1 fully saturated rings. The Morgan fingerprint density at radius 1 is 1.13 bits per heavy atom. The first-order chi connectivity index (χ1) is 18.2. The highest BCUT2D eigenvalue weighted by Gasteiger charge is 2.27. The van der Waals surface area contributed by atoms with Crippen LogP contribution in [0.5, 0.6) is 5.75 Å². The number of imidazole rings is 1. The van der Waals surface area contributed by atoms with Crippen molar-refractivity contribution in [3.63, 3.8) is 0 Å². The maximum atomic E-state index is 12.3. The molecule has 3 aromatic heterocycles. The SMILES string of the molecule is CCc1cn(CCc2ccc(OC3CCN(C(=O)OC(C)(C)C)CC3)cc2)c(-c2cc3sccc3n2C)n1. The average Bonchev–Trinajstić information content (AvgIpc) is 3.59. The molecule has 0 N–H and O–H groups in total. The molecule has 1 aliphatic heterocycles. The lowest BCUT2D eigenvalue weighted by molar-refractivity contribution is 0.0126. The number of aryl methyl sites for hydroxylation is 4. The van der Waals surface area contributed by atoms with E-state index in [2.05, 4.69) is 71.1 Å². The zero-order chi connectivity index (χ0) is 26.9. The number of hydrogen-bond donors (Lipinski definition) is 0. The van der Waals surface area contributed by atoms with Crippen LogP contribution in [-0.4, -0.2) is 49.9 Å². The van der Waals surface area contributed by atoms with Crippen molar-refractivity contribution in [3.05, 3.63) is 59.2 Å². The molecule has 0 bridgehead atoms. The van der Waals surface area contributed by atoms with Crippen LogP contribution < -0.4 is 4.74 Å². The number of piperidine rings is 1. The summed E-state index contributed by atoms with van der Waals surface area (Å²) in [5, 5.41) is 2.14. The molecule has 1 saturated heterocycles. The number of amides is 1. The molecule has 0 unspecified atom stereocenters. The summed E-state index contributed by atoms with van der Waals surface area (Å²) in [5.41, 5.74) is 4.33. The molecule has 0 aliphatic carbocycles. The highest BCUT2D eigenvalue weighted by atomic mass is 32.1. The maximum Gasteiger partial charge on any atom is 0.410 e. The number of fused-ring (bicyclic) bond motifs is 1. The van der Waals surface area contributed by atoms with Crippen LogP contribution in [0.4, 0.5) is 4.79 Å². The molecule has 38 heavy (non-hydrogen) atoms. The largest absolute Gasteiger partial charge is 0.490 e. The van der Waals surface area contributed by atoms with E-state index in [0.29, 0.717) is 13.1 Å². The molecule has 1 aromatic carbocycles. The normalized spacial score (nSPS) is 14.8. The predicted octanol–water partition coefficient (Wildman–Crippen LogP) is 6.69. The van der Waals surface area contributed by atoms with Gasteiger partial charge in [0, 0.05) is 45.7 Å². The summed E-state index contributed by atoms with van der Waals surface area (Å²) in [6.07, 6.45) is 5.51. The fourth-order valence-corrected chi connectivity index (χ4v) is 5.79. The summed E-state index contributed by atoms with van der Waals surface area (Å²) in [7, 11) is 2.12. The molecule has 0 radical (unpaired) electrons. The Labute approximate surface area is 229 Å². The fourth-order valence-electron chi connectivity index (χ4n) is 4.94. The molecular formula is C30H38N4O3S. The smallest absolute Gasteiger partial charge is 0.410 e. The van der Waals surface area contributed by atoms with Gasteiger partial charge in [0.05, 0.1) is 21.6 Å². The molecule has 7 nitrogen and oxygen atoms in total. The van der Waals surface area contributed by atoms with E-state index in [4.69, 9.17) is 14.5 Å². The number of ether oxygens (including phenoxy) is 2. The van der Waals surface area contributed by atoms with Gasteiger partial charge in [0.25, 0.3) is 0 Å². The Morgan fingerprint density at radius 3 is 2.53 bits per heavy atom. The van der Waals surface area contributed by atoms with Crippen molar-refractivity contribution in [3.8, 4) is 17.3 Å². The van der Waals surface area contributed by atoms with Crippen molar-refractivity contribution in [2.45, 2.75) is 71.6 Å². The van der Waals surface area contributed by atoms with Crippen LogP contribution >= 0.6 is 11.3 Å². The highest BCUT2D eigenvalue weighted by Crippen LogP contribution is 2.30. The van der Waals surface area contributed by atoms with Crippen molar-refractivity contribution in [2.24, 2.45) is 7.05 Å². The minimum Gasteiger partial charge on any atom is -0.490 e. The van der Waals surface area contributed by atoms with Crippen LogP contribution in [0.25, 0.3) is 21.7 Å². The molecule has 4 heterocycles. The molecule has 1 amide bonds. The van der Waals surface area contributed by atoms with Crippen LogP contribution in [0.3, 0.4) is 0 Å². The maximum absolute atomic E-state index is 12.3. The number of carbonyl (C=O) groups is 1. The summed E-state index contributed by atoms with van der Waals surface area (Å²) in [6, 6.07) is 12.9. The van der Waals surface area contributed by atoms with E-state index < -0.39 is 5.60 Å². The predicted molar refractivity (Wildman–Crippen MR) is 153 cm³/mol. The van der Waals surface area contributed by atoms with E-state index in [1.807, 2.05) is 20.8 Å². The van der Waals surface area contributed by atoms with Crippen LogP contribution in [0.1, 0.15) is 51.8 Å². The second kappa shape index (κ2) is 10.8. The van der Waals surface area contributed by atoms with E-state index in [1.54, 1.807) is 16.2 Å². The number of benzene rings is 1. The molecular weight excluding hydrogens is 496 g/mol. The Bertz CT molecular complexity index is 1390. The second-order valence-electron chi connectivity index (χ2n) is 11.0. The van der Waals surface area contributed by atoms with E-state index in [-0.39, 0.29) is 12.2 Å². The Balaban J connectivity index is 1.17. The molecule has 0 atom stereocenters. The number of likely N-dealkylation sites (tertiary alicyclic amines) is 1. The third-order valence-corrected chi connectivity index (χ3v) is 7.90. The number of nitrogens with zero attached hydrogens (tertiary/aromatic N) is 4. The zero-order valence-corrected chi connectivity index (χ0v) is 23.9. The summed E-state index contributed by atoms with van der Waals surface area (Å²) < 4.78 is 17.6. The minimum atomic E-state index is -0.470. The summed E-state index contributed by atoms with van der Waals surface area (Å²) in [5.74, 6) is 1.91. The standard InChI is InChI=1S/C30H38N4O3S/c1-6-22-20-34(28(31-22)26-19-27-25(32(26)5)14-18-38-27)15-11-21-7-9-23(10-8-21)36-24-12-16-33(17-13-24)29(35)37-30(2,3)4/h7-10,14,18-20,24H,6,11-13,15-17H2,1-5H3. The molecule has 8 heteroatoms. The highest BCUT2D eigenvalue weighted by molar-refractivity contribution is 7.17. The molecule has 0 spiro atoms. The first-order valence-electron chi connectivity index (χ1n) is 13.5. The van der Waals surface area contributed by atoms with Gasteiger partial charge in [0.1, 0.15) is 17.5 Å². The lowest BCUT2D eigenvalue weighted by Gasteiger charge is -2.33. The number of carbonyl (C=O) groups excluding carboxylic acids is 1. The van der Waals surface area contributed by atoms with Gasteiger partial charge >= 0.3 is 6.09 Å². The monoisotopic (exact) mass is 534 g/mol. The summed E-state index contributed by atoms with van der Waals surface area (Å²) in [4.78, 5) is 19.0. The van der Waals surface area contributed by atoms with Crippen LogP contribution in [-0.2, 0) is 31.2 Å². The van der Waals surface area contributed by atoms with E-state index in [9.17, 15) is 4.79 Å². The Morgan fingerprint density at radius 2 is 1.87 bits per heavy atom. The zero-order valence-electron chi connectivity index (χ0n) is 23.1. The molecule has 5 rings (SSSR count). The van der Waals surface area contributed by atoms with Gasteiger partial charge in [-0.15, -0.1) is 11.3 Å². The van der Waals surface area contributed by atoms with Gasteiger partial charge in [-0.3, -0.25) is 0 Å². The Hall–Kier alpha value is -3.26. The quantitative estimate of drug-likeness (QED) is 0.265. The summed E-state index contributed by atoms with van der Waals surface area (Å²) in [6.45, 7) is 10.0. The minimum absolute atomic E-state index is 0.112. The third kappa shape index (κ3) is 5.90. The second-order valence-corrected chi connectivity index (χ2v) is 12.0. The number of rotatable bonds is 7. The average molecular weight is 535 g/mol. The fraction of sp³-hybridized carbons (Fsp3) is 0.467. The molecule has 0 saturated carbocycles. The van der Waals surface area contributed by atoms with E-state index in [0.717, 1.165) is 55.2 Å². The lowest BCUT2D eigenvalue weighted by atomic mass is 10.1. The van der Waals surface area contributed by atoms with E-state index in [1.165, 1.54) is 15.8 Å². The van der Waals surface area contributed by atoms with Gasteiger partial charge in [-0.25, -0.2) is 9.78 Å². The van der Waals surface area contributed by atoms with Crippen molar-refractivity contribution < 1.29 is 14.3 Å². The van der Waals surface area contributed by atoms with Crippen molar-refractivity contribution >= 4 is 27.6 Å². The van der Waals surface area contributed by atoms with Crippen molar-refractivity contribution in [2.75, 3.05) is 13.1 Å². The number of hydrogen-bond acceptors (Lipinski definition) is 5. The number of thiophene rings is 1.